The van der Waals surface area contributed by atoms with Gasteiger partial charge in [0.05, 0.1) is 11.8 Å². The zero-order valence-electron chi connectivity index (χ0n) is 15.2. The van der Waals surface area contributed by atoms with Crippen LogP contribution in [0.5, 0.6) is 0 Å². The van der Waals surface area contributed by atoms with E-state index in [1.54, 1.807) is 11.1 Å². The Hall–Kier alpha value is -2.69. The Morgan fingerprint density at radius 1 is 1.23 bits per heavy atom. The molecule has 1 heterocycles. The van der Waals surface area contributed by atoms with E-state index in [4.69, 9.17) is 5.73 Å². The van der Waals surface area contributed by atoms with Gasteiger partial charge in [0.15, 0.2) is 0 Å². The average Bonchev–Trinajstić information content (AvgIpc) is 3.08. The normalized spacial score (nSPS) is 16.8. The first-order chi connectivity index (χ1) is 12.5. The molecule has 26 heavy (non-hydrogen) atoms. The van der Waals surface area contributed by atoms with Crippen LogP contribution in [-0.4, -0.2) is 16.6 Å². The second-order valence-corrected chi connectivity index (χ2v) is 6.64. The standard InChI is InChI=1S/C21H24FN3O/c1-3-14(4-2)21(26)25-20(16-6-5-7-17(22)12-16)13-19(24-25)15-8-10-18(23)11-9-15/h5-12,14,20H,3-4,13,23H2,1-2H3. The summed E-state index contributed by atoms with van der Waals surface area (Å²) in [5.41, 5.74) is 8.96. The lowest BCUT2D eigenvalue weighted by Crippen LogP contribution is -2.32. The van der Waals surface area contributed by atoms with Gasteiger partial charge >= 0.3 is 0 Å². The maximum Gasteiger partial charge on any atom is 0.246 e. The number of halogens is 1. The van der Waals surface area contributed by atoms with Gasteiger partial charge in [0.1, 0.15) is 5.82 Å². The highest BCUT2D eigenvalue weighted by Gasteiger charge is 2.35. The molecule has 3 rings (SSSR count). The van der Waals surface area contributed by atoms with Crippen LogP contribution in [0.25, 0.3) is 0 Å². The molecule has 0 saturated heterocycles. The van der Waals surface area contributed by atoms with Gasteiger partial charge in [-0.1, -0.05) is 38.1 Å². The monoisotopic (exact) mass is 353 g/mol. The molecule has 1 atom stereocenters. The lowest BCUT2D eigenvalue weighted by molar-refractivity contribution is -0.137. The summed E-state index contributed by atoms with van der Waals surface area (Å²) in [4.78, 5) is 13.0. The Balaban J connectivity index is 1.98. The molecule has 0 bridgehead atoms. The number of carbonyl (C=O) groups excluding carboxylic acids is 1. The Labute approximate surface area is 153 Å². The van der Waals surface area contributed by atoms with Gasteiger partial charge in [-0.2, -0.15) is 5.10 Å². The number of hydrazone groups is 1. The smallest absolute Gasteiger partial charge is 0.246 e. The van der Waals surface area contributed by atoms with Gasteiger partial charge in [0, 0.05) is 18.0 Å². The van der Waals surface area contributed by atoms with E-state index in [9.17, 15) is 9.18 Å². The zero-order chi connectivity index (χ0) is 18.7. The van der Waals surface area contributed by atoms with Crippen molar-refractivity contribution in [1.29, 1.82) is 0 Å². The summed E-state index contributed by atoms with van der Waals surface area (Å²) in [6, 6.07) is 13.6. The number of amides is 1. The van der Waals surface area contributed by atoms with E-state index < -0.39 is 0 Å². The van der Waals surface area contributed by atoms with Crippen molar-refractivity contribution in [2.45, 2.75) is 39.2 Å². The molecular formula is C21H24FN3O. The van der Waals surface area contributed by atoms with Crippen LogP contribution >= 0.6 is 0 Å². The molecule has 5 heteroatoms. The van der Waals surface area contributed by atoms with Crippen molar-refractivity contribution in [2.24, 2.45) is 11.0 Å². The maximum atomic E-state index is 13.7. The molecule has 0 spiro atoms. The summed E-state index contributed by atoms with van der Waals surface area (Å²) in [6.07, 6.45) is 2.07. The molecule has 0 aromatic heterocycles. The fourth-order valence-corrected chi connectivity index (χ4v) is 3.36. The minimum atomic E-state index is -0.307. The van der Waals surface area contributed by atoms with Gasteiger partial charge in [0.25, 0.3) is 0 Å². The first-order valence-corrected chi connectivity index (χ1v) is 9.05. The molecule has 2 aromatic rings. The van der Waals surface area contributed by atoms with Crippen molar-refractivity contribution >= 4 is 17.3 Å². The SMILES string of the molecule is CCC(CC)C(=O)N1N=C(c2ccc(N)cc2)CC1c1cccc(F)c1. The molecule has 2 N–H and O–H groups in total. The third-order valence-corrected chi connectivity index (χ3v) is 4.95. The Morgan fingerprint density at radius 2 is 1.92 bits per heavy atom. The van der Waals surface area contributed by atoms with Crippen LogP contribution in [-0.2, 0) is 4.79 Å². The Morgan fingerprint density at radius 3 is 2.54 bits per heavy atom. The minimum Gasteiger partial charge on any atom is -0.399 e. The topological polar surface area (TPSA) is 58.7 Å². The summed E-state index contributed by atoms with van der Waals surface area (Å²) in [5.74, 6) is -0.395. The molecule has 0 saturated carbocycles. The number of nitrogens with zero attached hydrogens (tertiary/aromatic N) is 2. The number of hydrogen-bond donors (Lipinski definition) is 1. The molecule has 136 valence electrons. The molecule has 4 nitrogen and oxygen atoms in total. The van der Waals surface area contributed by atoms with Gasteiger partial charge in [-0.3, -0.25) is 4.79 Å². The van der Waals surface area contributed by atoms with Crippen LogP contribution in [0.3, 0.4) is 0 Å². The van der Waals surface area contributed by atoms with E-state index in [2.05, 4.69) is 5.10 Å². The lowest BCUT2D eigenvalue weighted by atomic mass is 9.96. The van der Waals surface area contributed by atoms with Crippen molar-refractivity contribution in [3.05, 3.63) is 65.5 Å². The first-order valence-electron chi connectivity index (χ1n) is 9.05. The molecule has 0 radical (unpaired) electrons. The summed E-state index contributed by atoms with van der Waals surface area (Å²) in [6.45, 7) is 4.01. The van der Waals surface area contributed by atoms with Crippen molar-refractivity contribution in [3.8, 4) is 0 Å². The van der Waals surface area contributed by atoms with E-state index in [1.807, 2.05) is 44.2 Å². The lowest BCUT2D eigenvalue weighted by Gasteiger charge is -2.25. The molecule has 1 aliphatic rings. The van der Waals surface area contributed by atoms with Crippen molar-refractivity contribution in [1.82, 2.24) is 5.01 Å². The van der Waals surface area contributed by atoms with Gasteiger partial charge in [-0.25, -0.2) is 9.40 Å². The van der Waals surface area contributed by atoms with Crippen molar-refractivity contribution in [3.63, 3.8) is 0 Å². The largest absolute Gasteiger partial charge is 0.399 e. The molecule has 2 aromatic carbocycles. The number of anilines is 1. The average molecular weight is 353 g/mol. The summed E-state index contributed by atoms with van der Waals surface area (Å²) >= 11 is 0. The number of nitrogens with two attached hydrogens (primary N) is 1. The predicted molar refractivity (Wildman–Crippen MR) is 102 cm³/mol. The maximum absolute atomic E-state index is 13.7. The van der Waals surface area contributed by atoms with E-state index in [0.717, 1.165) is 29.7 Å². The van der Waals surface area contributed by atoms with Gasteiger partial charge in [-0.15, -0.1) is 0 Å². The van der Waals surface area contributed by atoms with Crippen LogP contribution < -0.4 is 5.73 Å². The van der Waals surface area contributed by atoms with E-state index in [0.29, 0.717) is 12.1 Å². The molecule has 0 aliphatic carbocycles. The summed E-state index contributed by atoms with van der Waals surface area (Å²) in [5, 5.41) is 6.18. The Bertz CT molecular complexity index is 812. The number of nitrogen functional groups attached to an aromatic ring is 1. The van der Waals surface area contributed by atoms with Crippen LogP contribution in [0.1, 0.15) is 50.3 Å². The van der Waals surface area contributed by atoms with Crippen LogP contribution in [0.15, 0.2) is 53.6 Å². The van der Waals surface area contributed by atoms with E-state index >= 15 is 0 Å². The number of carbonyl (C=O) groups is 1. The minimum absolute atomic E-state index is 0.00490. The van der Waals surface area contributed by atoms with Crippen LogP contribution in [0, 0.1) is 11.7 Å². The Kier molecular flexibility index (Phi) is 5.35. The fourth-order valence-electron chi connectivity index (χ4n) is 3.36. The second-order valence-electron chi connectivity index (χ2n) is 6.64. The quantitative estimate of drug-likeness (QED) is 0.803. The van der Waals surface area contributed by atoms with Crippen molar-refractivity contribution < 1.29 is 9.18 Å². The fraction of sp³-hybridized carbons (Fsp3) is 0.333. The molecule has 1 unspecified atom stereocenters. The summed E-state index contributed by atoms with van der Waals surface area (Å²) < 4.78 is 13.7. The number of rotatable bonds is 5. The van der Waals surface area contributed by atoms with E-state index in [1.165, 1.54) is 12.1 Å². The van der Waals surface area contributed by atoms with Gasteiger partial charge < -0.3 is 5.73 Å². The predicted octanol–water partition coefficient (Wildman–Crippen LogP) is 4.52. The van der Waals surface area contributed by atoms with Crippen molar-refractivity contribution in [2.75, 3.05) is 5.73 Å². The highest BCUT2D eigenvalue weighted by molar-refractivity contribution is 6.03. The molecule has 0 fully saturated rings. The highest BCUT2D eigenvalue weighted by Crippen LogP contribution is 2.35. The van der Waals surface area contributed by atoms with Gasteiger partial charge in [-0.05, 0) is 48.2 Å². The molecule has 1 aliphatic heterocycles. The first kappa shape index (κ1) is 18.1. The third-order valence-electron chi connectivity index (χ3n) is 4.95. The summed E-state index contributed by atoms with van der Waals surface area (Å²) in [7, 11) is 0. The third kappa shape index (κ3) is 3.62. The molecular weight excluding hydrogens is 329 g/mol. The van der Waals surface area contributed by atoms with Crippen LogP contribution in [0.2, 0.25) is 0 Å². The molecule has 1 amide bonds. The highest BCUT2D eigenvalue weighted by atomic mass is 19.1. The number of hydrogen-bond acceptors (Lipinski definition) is 3. The number of benzene rings is 2. The van der Waals surface area contributed by atoms with Gasteiger partial charge in [0.2, 0.25) is 5.91 Å². The second kappa shape index (κ2) is 7.68. The van der Waals surface area contributed by atoms with Crippen LogP contribution in [0.4, 0.5) is 10.1 Å². The van der Waals surface area contributed by atoms with E-state index in [-0.39, 0.29) is 23.7 Å². The zero-order valence-corrected chi connectivity index (χ0v) is 15.2.